The molecule has 1 saturated carbocycles. The molecular formula is C18H19N5O2S. The second-order valence-corrected chi connectivity index (χ2v) is 7.39. The van der Waals surface area contributed by atoms with Crippen molar-refractivity contribution in [2.75, 3.05) is 10.6 Å². The van der Waals surface area contributed by atoms with Crippen molar-refractivity contribution in [1.82, 2.24) is 15.0 Å². The van der Waals surface area contributed by atoms with Crippen molar-refractivity contribution in [2.24, 2.45) is 0 Å². The lowest BCUT2D eigenvalue weighted by Crippen LogP contribution is -2.28. The van der Waals surface area contributed by atoms with Crippen LogP contribution >= 0.6 is 11.3 Å². The molecule has 0 bridgehead atoms. The molecule has 1 aliphatic rings. The Morgan fingerprint density at radius 2 is 1.96 bits per heavy atom. The molecular weight excluding hydrogens is 350 g/mol. The van der Waals surface area contributed by atoms with Crippen LogP contribution in [-0.2, 0) is 0 Å². The number of aldehydes is 1. The molecule has 0 saturated heterocycles. The number of carbonyl (C=O) groups excluding carboxylic acids is 1. The fraction of sp³-hybridized carbons (Fsp3) is 0.333. The molecule has 7 nitrogen and oxygen atoms in total. The summed E-state index contributed by atoms with van der Waals surface area (Å²) in [5.41, 5.74) is 1.37. The molecule has 1 aliphatic carbocycles. The highest BCUT2D eigenvalue weighted by Gasteiger charge is 2.19. The molecule has 3 aromatic heterocycles. The van der Waals surface area contributed by atoms with Gasteiger partial charge in [0.1, 0.15) is 28.3 Å². The monoisotopic (exact) mass is 369 g/mol. The maximum atomic E-state index is 11.3. The van der Waals surface area contributed by atoms with Crippen LogP contribution in [0.4, 0.5) is 16.8 Å². The number of carbonyl (C=O) groups is 1. The second-order valence-electron chi connectivity index (χ2n) is 6.41. The van der Waals surface area contributed by atoms with E-state index in [1.165, 1.54) is 11.3 Å². The Kier molecular flexibility index (Phi) is 4.77. The molecule has 0 aromatic carbocycles. The summed E-state index contributed by atoms with van der Waals surface area (Å²) in [6, 6.07) is 7.45. The van der Waals surface area contributed by atoms with Crippen LogP contribution in [-0.4, -0.2) is 38.5 Å². The molecule has 3 aromatic rings. The summed E-state index contributed by atoms with van der Waals surface area (Å²) >= 11 is 1.44. The summed E-state index contributed by atoms with van der Waals surface area (Å²) in [4.78, 5) is 25.5. The molecule has 0 amide bonds. The average molecular weight is 369 g/mol. The highest BCUT2D eigenvalue weighted by atomic mass is 32.1. The zero-order valence-electron chi connectivity index (χ0n) is 14.1. The van der Waals surface area contributed by atoms with Crippen LogP contribution in [0, 0.1) is 0 Å². The van der Waals surface area contributed by atoms with Crippen LogP contribution in [0.15, 0.2) is 30.5 Å². The van der Waals surface area contributed by atoms with Gasteiger partial charge in [-0.3, -0.25) is 4.79 Å². The fourth-order valence-electron chi connectivity index (χ4n) is 3.12. The number of thiazole rings is 1. The summed E-state index contributed by atoms with van der Waals surface area (Å²) in [6.07, 6.45) is 5.69. The van der Waals surface area contributed by atoms with Gasteiger partial charge in [0.15, 0.2) is 5.13 Å². The summed E-state index contributed by atoms with van der Waals surface area (Å²) in [5, 5.41) is 16.9. The molecule has 0 spiro atoms. The maximum Gasteiger partial charge on any atom is 0.190 e. The second kappa shape index (κ2) is 7.35. The standard InChI is InChI=1S/C18H19N5O2S/c24-10-11-8-15(20-12-3-5-13(25)6-4-12)22-16(9-11)23-18-21-14-2-1-7-19-17(14)26-18/h1-2,7-10,12-13,25H,3-6H2,(H2,20,21,22,23). The van der Waals surface area contributed by atoms with Gasteiger partial charge in [-0.05, 0) is 49.9 Å². The first kappa shape index (κ1) is 16.9. The third kappa shape index (κ3) is 3.81. The number of aliphatic hydroxyl groups is 1. The summed E-state index contributed by atoms with van der Waals surface area (Å²) in [5.74, 6) is 1.21. The number of aromatic nitrogens is 3. The van der Waals surface area contributed by atoms with Gasteiger partial charge in [0.05, 0.1) is 6.10 Å². The molecule has 0 aliphatic heterocycles. The molecule has 0 atom stereocenters. The number of hydrogen-bond acceptors (Lipinski definition) is 8. The Bertz CT molecular complexity index is 888. The number of nitrogens with one attached hydrogen (secondary N) is 2. The van der Waals surface area contributed by atoms with Crippen molar-refractivity contribution in [3.63, 3.8) is 0 Å². The highest BCUT2D eigenvalue weighted by Crippen LogP contribution is 2.27. The van der Waals surface area contributed by atoms with E-state index in [1.54, 1.807) is 18.3 Å². The third-order valence-corrected chi connectivity index (χ3v) is 5.33. The SMILES string of the molecule is O=Cc1cc(Nc2nc3cccnc3s2)nc(NC2CCC(O)CC2)c1. The Morgan fingerprint density at radius 3 is 2.73 bits per heavy atom. The Balaban J connectivity index is 1.54. The number of pyridine rings is 2. The minimum atomic E-state index is -0.202. The number of nitrogens with zero attached hydrogens (tertiary/aromatic N) is 3. The number of fused-ring (bicyclic) bond motifs is 1. The number of aliphatic hydroxyl groups excluding tert-OH is 1. The maximum absolute atomic E-state index is 11.3. The normalized spacial score (nSPS) is 20.0. The van der Waals surface area contributed by atoms with Gasteiger partial charge in [-0.25, -0.2) is 15.0 Å². The summed E-state index contributed by atoms with van der Waals surface area (Å²) in [7, 11) is 0. The van der Waals surface area contributed by atoms with Crippen LogP contribution in [0.25, 0.3) is 10.3 Å². The number of rotatable bonds is 5. The molecule has 8 heteroatoms. The first-order chi connectivity index (χ1) is 12.7. The van der Waals surface area contributed by atoms with Crippen molar-refractivity contribution in [2.45, 2.75) is 37.8 Å². The van der Waals surface area contributed by atoms with Crippen molar-refractivity contribution in [3.8, 4) is 0 Å². The van der Waals surface area contributed by atoms with Crippen LogP contribution in [0.3, 0.4) is 0 Å². The van der Waals surface area contributed by atoms with Crippen LogP contribution in [0.1, 0.15) is 36.0 Å². The van der Waals surface area contributed by atoms with E-state index in [9.17, 15) is 9.90 Å². The Hall–Kier alpha value is -2.58. The largest absolute Gasteiger partial charge is 0.393 e. The first-order valence-electron chi connectivity index (χ1n) is 8.60. The van der Waals surface area contributed by atoms with E-state index < -0.39 is 0 Å². The van der Waals surface area contributed by atoms with E-state index in [-0.39, 0.29) is 12.1 Å². The average Bonchev–Trinajstić information content (AvgIpc) is 3.05. The molecule has 3 heterocycles. The van der Waals surface area contributed by atoms with E-state index in [0.29, 0.717) is 22.3 Å². The summed E-state index contributed by atoms with van der Waals surface area (Å²) < 4.78 is 0. The lowest BCUT2D eigenvalue weighted by molar-refractivity contribution is 0.112. The van der Waals surface area contributed by atoms with Gasteiger partial charge < -0.3 is 15.7 Å². The minimum Gasteiger partial charge on any atom is -0.393 e. The molecule has 4 rings (SSSR count). The molecule has 0 unspecified atom stereocenters. The van der Waals surface area contributed by atoms with Crippen molar-refractivity contribution in [1.29, 1.82) is 0 Å². The minimum absolute atomic E-state index is 0.202. The van der Waals surface area contributed by atoms with E-state index in [4.69, 9.17) is 0 Å². The van der Waals surface area contributed by atoms with Crippen molar-refractivity contribution >= 4 is 44.7 Å². The Morgan fingerprint density at radius 1 is 1.15 bits per heavy atom. The number of anilines is 3. The zero-order valence-corrected chi connectivity index (χ0v) is 14.9. The van der Waals surface area contributed by atoms with Crippen LogP contribution in [0.5, 0.6) is 0 Å². The molecule has 0 radical (unpaired) electrons. The molecule has 1 fully saturated rings. The van der Waals surface area contributed by atoms with Crippen LogP contribution < -0.4 is 10.6 Å². The van der Waals surface area contributed by atoms with Gasteiger partial charge in [0, 0.05) is 17.8 Å². The zero-order chi connectivity index (χ0) is 17.9. The predicted octanol–water partition coefficient (Wildman–Crippen LogP) is 3.36. The quantitative estimate of drug-likeness (QED) is 0.593. The topological polar surface area (TPSA) is 100 Å². The lowest BCUT2D eigenvalue weighted by atomic mass is 9.93. The fourth-order valence-corrected chi connectivity index (χ4v) is 3.93. The first-order valence-corrected chi connectivity index (χ1v) is 9.42. The van der Waals surface area contributed by atoms with Gasteiger partial charge in [0.2, 0.25) is 0 Å². The molecule has 3 N–H and O–H groups in total. The van der Waals surface area contributed by atoms with Gasteiger partial charge >= 0.3 is 0 Å². The van der Waals surface area contributed by atoms with Gasteiger partial charge in [-0.1, -0.05) is 11.3 Å². The van der Waals surface area contributed by atoms with Gasteiger partial charge in [-0.15, -0.1) is 0 Å². The van der Waals surface area contributed by atoms with Gasteiger partial charge in [-0.2, -0.15) is 0 Å². The summed E-state index contributed by atoms with van der Waals surface area (Å²) in [6.45, 7) is 0. The smallest absolute Gasteiger partial charge is 0.190 e. The lowest BCUT2D eigenvalue weighted by Gasteiger charge is -2.26. The van der Waals surface area contributed by atoms with Gasteiger partial charge in [0.25, 0.3) is 0 Å². The van der Waals surface area contributed by atoms with Crippen molar-refractivity contribution < 1.29 is 9.90 Å². The highest BCUT2D eigenvalue weighted by molar-refractivity contribution is 7.21. The molecule has 134 valence electrons. The van der Waals surface area contributed by atoms with E-state index in [1.807, 2.05) is 12.1 Å². The van der Waals surface area contributed by atoms with E-state index >= 15 is 0 Å². The van der Waals surface area contributed by atoms with Crippen molar-refractivity contribution in [3.05, 3.63) is 36.0 Å². The third-order valence-electron chi connectivity index (χ3n) is 4.43. The van der Waals surface area contributed by atoms with Crippen LogP contribution in [0.2, 0.25) is 0 Å². The predicted molar refractivity (Wildman–Crippen MR) is 102 cm³/mol. The van der Waals surface area contributed by atoms with E-state index in [0.717, 1.165) is 42.3 Å². The number of hydrogen-bond donors (Lipinski definition) is 3. The molecule has 26 heavy (non-hydrogen) atoms. The Labute approximate surface area is 154 Å². The van der Waals surface area contributed by atoms with E-state index in [2.05, 4.69) is 25.6 Å².